The number of aliphatic hydroxyl groups is 1. The molecule has 17 heavy (non-hydrogen) atoms. The van der Waals surface area contributed by atoms with Gasteiger partial charge < -0.3 is 10.0 Å². The van der Waals surface area contributed by atoms with E-state index in [2.05, 4.69) is 0 Å². The lowest BCUT2D eigenvalue weighted by atomic mass is 10.1. The third-order valence-electron chi connectivity index (χ3n) is 2.43. The summed E-state index contributed by atoms with van der Waals surface area (Å²) >= 11 is 0. The zero-order valence-corrected chi connectivity index (χ0v) is 9.67. The average molecular weight is 247 g/mol. The van der Waals surface area contributed by atoms with Crippen molar-refractivity contribution in [3.05, 3.63) is 35.6 Å². The maximum absolute atomic E-state index is 13.7. The van der Waals surface area contributed by atoms with Gasteiger partial charge in [-0.05, 0) is 25.6 Å². The smallest absolute Gasteiger partial charge is 0.285 e. The van der Waals surface area contributed by atoms with Crippen molar-refractivity contribution in [1.82, 2.24) is 4.90 Å². The minimum atomic E-state index is -3.02. The summed E-state index contributed by atoms with van der Waals surface area (Å²) in [5, 5.41) is 8.61. The van der Waals surface area contributed by atoms with Crippen LogP contribution < -0.4 is 0 Å². The van der Waals surface area contributed by atoms with Gasteiger partial charge in [0.05, 0.1) is 6.54 Å². The first-order valence-corrected chi connectivity index (χ1v) is 5.39. The van der Waals surface area contributed by atoms with Gasteiger partial charge in [-0.2, -0.15) is 8.78 Å². The first-order chi connectivity index (χ1) is 7.95. The highest BCUT2D eigenvalue weighted by atomic mass is 19.3. The molecule has 0 radical (unpaired) electrons. The first-order valence-electron chi connectivity index (χ1n) is 5.39. The van der Waals surface area contributed by atoms with Crippen LogP contribution in [0.4, 0.5) is 13.2 Å². The third-order valence-corrected chi connectivity index (χ3v) is 2.43. The number of benzene rings is 1. The lowest BCUT2D eigenvalue weighted by Gasteiger charge is -2.23. The molecule has 96 valence electrons. The minimum Gasteiger partial charge on any atom is -0.396 e. The van der Waals surface area contributed by atoms with Crippen LogP contribution in [0.3, 0.4) is 0 Å². The Morgan fingerprint density at radius 3 is 2.35 bits per heavy atom. The quantitative estimate of drug-likeness (QED) is 0.833. The van der Waals surface area contributed by atoms with Crippen LogP contribution in [0.15, 0.2) is 24.3 Å². The van der Waals surface area contributed by atoms with Crippen molar-refractivity contribution in [2.75, 3.05) is 26.7 Å². The van der Waals surface area contributed by atoms with Crippen LogP contribution in [0.1, 0.15) is 12.0 Å². The lowest BCUT2D eigenvalue weighted by molar-refractivity contribution is -0.0329. The second-order valence-corrected chi connectivity index (χ2v) is 4.03. The molecular formula is C12H16F3NO. The highest BCUT2D eigenvalue weighted by Gasteiger charge is 2.32. The number of halogens is 3. The Morgan fingerprint density at radius 2 is 1.82 bits per heavy atom. The second-order valence-electron chi connectivity index (χ2n) is 4.03. The molecule has 0 heterocycles. The van der Waals surface area contributed by atoms with E-state index in [1.54, 1.807) is 7.05 Å². The van der Waals surface area contributed by atoms with Gasteiger partial charge in [0.1, 0.15) is 5.82 Å². The molecule has 0 unspecified atom stereocenters. The maximum atomic E-state index is 13.7. The molecule has 0 bridgehead atoms. The maximum Gasteiger partial charge on any atom is 0.285 e. The van der Waals surface area contributed by atoms with Crippen molar-refractivity contribution in [3.8, 4) is 0 Å². The number of hydrogen-bond donors (Lipinski definition) is 1. The summed E-state index contributed by atoms with van der Waals surface area (Å²) in [5.41, 5.74) is -0.199. The van der Waals surface area contributed by atoms with Crippen LogP contribution in [0.25, 0.3) is 0 Å². The molecule has 0 aromatic heterocycles. The fourth-order valence-electron chi connectivity index (χ4n) is 1.54. The van der Waals surface area contributed by atoms with Crippen LogP contribution in [0, 0.1) is 5.82 Å². The fourth-order valence-corrected chi connectivity index (χ4v) is 1.54. The Hall–Kier alpha value is -1.07. The van der Waals surface area contributed by atoms with Gasteiger partial charge in [0.25, 0.3) is 5.92 Å². The van der Waals surface area contributed by atoms with Crippen LogP contribution in [-0.2, 0) is 5.92 Å². The van der Waals surface area contributed by atoms with E-state index >= 15 is 0 Å². The van der Waals surface area contributed by atoms with Crippen LogP contribution in [0.2, 0.25) is 0 Å². The van der Waals surface area contributed by atoms with Gasteiger partial charge in [0.2, 0.25) is 0 Å². The predicted octanol–water partition coefficient (Wildman–Crippen LogP) is 2.23. The molecule has 1 aromatic carbocycles. The lowest BCUT2D eigenvalue weighted by Crippen LogP contribution is -2.33. The van der Waals surface area contributed by atoms with Gasteiger partial charge in [0.15, 0.2) is 0 Å². The summed E-state index contributed by atoms with van der Waals surface area (Å²) < 4.78 is 40.1. The summed E-state index contributed by atoms with van der Waals surface area (Å²) in [7, 11) is 1.56. The Kier molecular flexibility index (Phi) is 4.96. The molecule has 0 aliphatic carbocycles. The molecule has 1 aromatic rings. The highest BCUT2D eigenvalue weighted by Crippen LogP contribution is 2.28. The van der Waals surface area contributed by atoms with E-state index in [9.17, 15) is 13.2 Å². The van der Waals surface area contributed by atoms with E-state index in [0.29, 0.717) is 13.0 Å². The third kappa shape index (κ3) is 4.36. The van der Waals surface area contributed by atoms with Crippen molar-refractivity contribution in [1.29, 1.82) is 0 Å². The van der Waals surface area contributed by atoms with Gasteiger partial charge in [-0.25, -0.2) is 4.39 Å². The zero-order valence-electron chi connectivity index (χ0n) is 9.67. The molecule has 1 rings (SSSR count). The summed E-state index contributed by atoms with van der Waals surface area (Å²) in [6.07, 6.45) is 0.454. The van der Waals surface area contributed by atoms with Gasteiger partial charge in [0, 0.05) is 18.7 Å². The van der Waals surface area contributed by atoms with Crippen LogP contribution in [-0.4, -0.2) is 36.8 Å². The van der Waals surface area contributed by atoms with Gasteiger partial charge in [-0.15, -0.1) is 0 Å². The van der Waals surface area contributed by atoms with Gasteiger partial charge in [-0.1, -0.05) is 12.1 Å². The van der Waals surface area contributed by atoms with Gasteiger partial charge in [-0.3, -0.25) is 0 Å². The van der Waals surface area contributed by atoms with E-state index in [-0.39, 0.29) is 12.2 Å². The molecule has 0 aliphatic rings. The molecule has 5 heteroatoms. The zero-order chi connectivity index (χ0) is 12.9. The molecule has 0 atom stereocenters. The number of aliphatic hydroxyl groups excluding tert-OH is 1. The molecule has 0 amide bonds. The largest absolute Gasteiger partial charge is 0.396 e. The molecule has 0 saturated heterocycles. The molecular weight excluding hydrogens is 231 g/mol. The minimum absolute atomic E-state index is 0.0214. The van der Waals surface area contributed by atoms with Crippen LogP contribution in [0.5, 0.6) is 0 Å². The Morgan fingerprint density at radius 1 is 1.24 bits per heavy atom. The van der Waals surface area contributed by atoms with E-state index in [4.69, 9.17) is 5.11 Å². The molecule has 0 aliphatic heterocycles. The van der Waals surface area contributed by atoms with Gasteiger partial charge >= 0.3 is 0 Å². The summed E-state index contributed by atoms with van der Waals surface area (Å²) in [6.45, 7) is -0.0711. The van der Waals surface area contributed by atoms with Crippen molar-refractivity contribution in [2.24, 2.45) is 0 Å². The standard InChI is InChI=1S/C12H16F3NO/c1-16(7-2-8-17)9-12(14,15)10-3-5-11(13)6-4-10/h3-6,17H,2,7-9H2,1H3. The number of rotatable bonds is 6. The van der Waals surface area contributed by atoms with E-state index in [1.165, 1.54) is 4.90 Å². The van der Waals surface area contributed by atoms with E-state index < -0.39 is 18.3 Å². The summed E-state index contributed by atoms with van der Waals surface area (Å²) in [6, 6.07) is 4.23. The molecule has 0 saturated carbocycles. The number of hydrogen-bond acceptors (Lipinski definition) is 2. The number of nitrogens with zero attached hydrogens (tertiary/aromatic N) is 1. The highest BCUT2D eigenvalue weighted by molar-refractivity contribution is 5.21. The Balaban J connectivity index is 2.64. The Bertz CT molecular complexity index is 340. The van der Waals surface area contributed by atoms with Crippen molar-refractivity contribution in [2.45, 2.75) is 12.3 Å². The molecule has 2 nitrogen and oxygen atoms in total. The number of likely N-dealkylation sites (N-methyl/N-ethyl adjacent to an activating group) is 1. The summed E-state index contributed by atoms with van der Waals surface area (Å²) in [4.78, 5) is 1.44. The first kappa shape index (κ1) is 14.0. The summed E-state index contributed by atoms with van der Waals surface area (Å²) in [5.74, 6) is -3.55. The molecule has 0 fully saturated rings. The monoisotopic (exact) mass is 247 g/mol. The van der Waals surface area contributed by atoms with Crippen LogP contribution >= 0.6 is 0 Å². The van der Waals surface area contributed by atoms with E-state index in [1.807, 2.05) is 0 Å². The fraction of sp³-hybridized carbons (Fsp3) is 0.500. The normalized spacial score (nSPS) is 12.1. The molecule has 0 spiro atoms. The second kappa shape index (κ2) is 6.02. The predicted molar refractivity (Wildman–Crippen MR) is 59.5 cm³/mol. The topological polar surface area (TPSA) is 23.5 Å². The number of alkyl halides is 2. The molecule has 1 N–H and O–H groups in total. The SMILES string of the molecule is CN(CCCO)CC(F)(F)c1ccc(F)cc1. The van der Waals surface area contributed by atoms with Crippen molar-refractivity contribution in [3.63, 3.8) is 0 Å². The average Bonchev–Trinajstić information content (AvgIpc) is 2.26. The van der Waals surface area contributed by atoms with E-state index in [0.717, 1.165) is 24.3 Å². The van der Waals surface area contributed by atoms with Crippen molar-refractivity contribution < 1.29 is 18.3 Å². The van der Waals surface area contributed by atoms with Crippen molar-refractivity contribution >= 4 is 0 Å². The Labute approximate surface area is 98.7 Å².